The predicted molar refractivity (Wildman–Crippen MR) is 102 cm³/mol. The molecule has 1 aliphatic heterocycles. The van der Waals surface area contributed by atoms with Gasteiger partial charge in [-0.1, -0.05) is 33.6 Å². The fraction of sp³-hybridized carbons (Fsp3) is 0.833. The minimum atomic E-state index is -0.948. The van der Waals surface area contributed by atoms with Crippen molar-refractivity contribution in [2.75, 3.05) is 52.4 Å². The molecule has 1 saturated heterocycles. The van der Waals surface area contributed by atoms with Crippen LogP contribution in [-0.4, -0.2) is 106 Å². The Hall–Kier alpha value is -1.71. The van der Waals surface area contributed by atoms with Crippen LogP contribution in [0.2, 0.25) is 0 Å². The van der Waals surface area contributed by atoms with E-state index in [1.807, 2.05) is 25.7 Å². The molecule has 0 saturated carbocycles. The number of rotatable bonds is 9. The minimum Gasteiger partial charge on any atom is -0.480 e. The molecule has 158 valence electrons. The molecule has 9 nitrogen and oxygen atoms in total. The van der Waals surface area contributed by atoms with Crippen LogP contribution in [0.5, 0.6) is 0 Å². The van der Waals surface area contributed by atoms with Crippen molar-refractivity contribution in [1.29, 1.82) is 0 Å². The van der Waals surface area contributed by atoms with Crippen LogP contribution in [0.25, 0.3) is 0 Å². The molecule has 0 aliphatic carbocycles. The summed E-state index contributed by atoms with van der Waals surface area (Å²) in [4.78, 5) is 39.0. The van der Waals surface area contributed by atoms with Crippen molar-refractivity contribution < 1.29 is 29.7 Å². The molecule has 3 N–H and O–H groups in total. The van der Waals surface area contributed by atoms with Gasteiger partial charge < -0.3 is 15.3 Å². The summed E-state index contributed by atoms with van der Waals surface area (Å²) >= 11 is 0. The average Bonchev–Trinajstić information content (AvgIpc) is 2.69. The third-order valence-corrected chi connectivity index (χ3v) is 4.41. The topological polar surface area (TPSA) is 122 Å². The van der Waals surface area contributed by atoms with Gasteiger partial charge >= 0.3 is 17.9 Å². The van der Waals surface area contributed by atoms with E-state index in [0.717, 1.165) is 12.8 Å². The summed E-state index contributed by atoms with van der Waals surface area (Å²) in [5.41, 5.74) is 0. The maximum Gasteiger partial charge on any atom is 0.320 e. The Morgan fingerprint density at radius 2 is 1.22 bits per heavy atom. The van der Waals surface area contributed by atoms with E-state index < -0.39 is 23.9 Å². The zero-order valence-corrected chi connectivity index (χ0v) is 16.8. The van der Waals surface area contributed by atoms with Crippen LogP contribution in [-0.2, 0) is 14.4 Å². The lowest BCUT2D eigenvalue weighted by Crippen LogP contribution is -2.47. The Morgan fingerprint density at radius 1 is 0.815 bits per heavy atom. The molecule has 0 amide bonds. The molecule has 1 atom stereocenters. The molecule has 0 bridgehead atoms. The van der Waals surface area contributed by atoms with Gasteiger partial charge in [0.15, 0.2) is 0 Å². The smallest absolute Gasteiger partial charge is 0.320 e. The van der Waals surface area contributed by atoms with Gasteiger partial charge in [-0.25, -0.2) is 0 Å². The second kappa shape index (κ2) is 14.4. The molecule has 1 fully saturated rings. The normalized spacial score (nSPS) is 18.3. The van der Waals surface area contributed by atoms with Crippen molar-refractivity contribution >= 4 is 17.9 Å². The number of carboxylic acid groups (broad SMARTS) is 3. The van der Waals surface area contributed by atoms with Crippen LogP contribution in [0.4, 0.5) is 0 Å². The molecule has 1 unspecified atom stereocenters. The highest BCUT2D eigenvalue weighted by molar-refractivity contribution is 5.73. The van der Waals surface area contributed by atoms with Crippen LogP contribution in [0, 0.1) is 0 Å². The van der Waals surface area contributed by atoms with Crippen molar-refractivity contribution in [3.05, 3.63) is 0 Å². The van der Waals surface area contributed by atoms with Crippen LogP contribution >= 0.6 is 0 Å². The van der Waals surface area contributed by atoms with E-state index in [-0.39, 0.29) is 13.1 Å². The third kappa shape index (κ3) is 10.9. The fourth-order valence-corrected chi connectivity index (χ4v) is 3.03. The van der Waals surface area contributed by atoms with Crippen LogP contribution in [0.3, 0.4) is 0 Å². The van der Waals surface area contributed by atoms with Crippen molar-refractivity contribution in [2.45, 2.75) is 46.1 Å². The first-order valence-corrected chi connectivity index (χ1v) is 9.68. The van der Waals surface area contributed by atoms with E-state index in [2.05, 4.69) is 0 Å². The molecule has 0 spiro atoms. The van der Waals surface area contributed by atoms with Crippen molar-refractivity contribution in [3.63, 3.8) is 0 Å². The van der Waals surface area contributed by atoms with Crippen LogP contribution in [0.1, 0.15) is 40.0 Å². The highest BCUT2D eigenvalue weighted by Crippen LogP contribution is 2.11. The van der Waals surface area contributed by atoms with Crippen LogP contribution < -0.4 is 0 Å². The second-order valence-electron chi connectivity index (χ2n) is 6.37. The second-order valence-corrected chi connectivity index (χ2v) is 6.37. The van der Waals surface area contributed by atoms with E-state index in [0.29, 0.717) is 45.7 Å². The van der Waals surface area contributed by atoms with Crippen molar-refractivity contribution in [2.24, 2.45) is 0 Å². The number of unbranched alkanes of at least 4 members (excludes halogenated alkanes) is 1. The van der Waals surface area contributed by atoms with Crippen molar-refractivity contribution in [1.82, 2.24) is 14.7 Å². The molecule has 9 heteroatoms. The first-order valence-electron chi connectivity index (χ1n) is 9.68. The molecule has 0 radical (unpaired) electrons. The Bertz CT molecular complexity index is 432. The first-order chi connectivity index (χ1) is 12.8. The van der Waals surface area contributed by atoms with E-state index in [1.165, 1.54) is 0 Å². The van der Waals surface area contributed by atoms with Gasteiger partial charge in [0.05, 0.1) is 13.1 Å². The summed E-state index contributed by atoms with van der Waals surface area (Å²) < 4.78 is 0. The largest absolute Gasteiger partial charge is 0.480 e. The Morgan fingerprint density at radius 3 is 1.56 bits per heavy atom. The number of hydrogen-bond donors (Lipinski definition) is 3. The van der Waals surface area contributed by atoms with E-state index in [4.69, 9.17) is 10.2 Å². The molecule has 1 heterocycles. The molecule has 0 aromatic rings. The van der Waals surface area contributed by atoms with Gasteiger partial charge in [0, 0.05) is 39.3 Å². The summed E-state index contributed by atoms with van der Waals surface area (Å²) in [7, 11) is 0. The minimum absolute atomic E-state index is 0.137. The average molecular weight is 389 g/mol. The number of nitrogens with zero attached hydrogens (tertiary/aromatic N) is 3. The summed E-state index contributed by atoms with van der Waals surface area (Å²) in [6, 6.07) is -0.628. The molecule has 1 aliphatic rings. The van der Waals surface area contributed by atoms with Gasteiger partial charge in [-0.3, -0.25) is 29.1 Å². The Balaban J connectivity index is 0.00000326. The molecule has 27 heavy (non-hydrogen) atoms. The molecule has 0 aromatic heterocycles. The van der Waals surface area contributed by atoms with Crippen LogP contribution in [0.15, 0.2) is 0 Å². The third-order valence-electron chi connectivity index (χ3n) is 4.41. The van der Waals surface area contributed by atoms with Gasteiger partial charge in [0.1, 0.15) is 6.04 Å². The lowest BCUT2D eigenvalue weighted by Gasteiger charge is -2.30. The fourth-order valence-electron chi connectivity index (χ4n) is 3.03. The highest BCUT2D eigenvalue weighted by atomic mass is 16.4. The molecular weight excluding hydrogens is 354 g/mol. The standard InChI is InChI=1S/C16H29N3O6.C2H6/c1-2-3-4-13(16(24)25)19-9-7-17(11-14(20)21)5-6-18(8-10-19)12-15(22)23;1-2/h13H,2-12H2,1H3,(H,20,21)(H,22,23)(H,24,25);1-2H3. The molecule has 0 aromatic carbocycles. The summed E-state index contributed by atoms with van der Waals surface area (Å²) in [5.74, 6) is -2.78. The first kappa shape index (κ1) is 25.3. The van der Waals surface area contributed by atoms with E-state index >= 15 is 0 Å². The maximum atomic E-state index is 11.7. The van der Waals surface area contributed by atoms with E-state index in [1.54, 1.807) is 9.80 Å². The van der Waals surface area contributed by atoms with Gasteiger partial charge in [-0.05, 0) is 6.42 Å². The van der Waals surface area contributed by atoms with Crippen molar-refractivity contribution in [3.8, 4) is 0 Å². The van der Waals surface area contributed by atoms with Gasteiger partial charge in [-0.2, -0.15) is 0 Å². The zero-order chi connectivity index (χ0) is 20.8. The number of hydrogen-bond acceptors (Lipinski definition) is 6. The Kier molecular flexibility index (Phi) is 13.5. The number of carboxylic acids is 3. The SMILES string of the molecule is CC.CCCCC(C(=O)O)N1CCN(CC(=O)O)CCN(CC(=O)O)CC1. The summed E-state index contributed by atoms with van der Waals surface area (Å²) in [6.45, 7) is 8.42. The highest BCUT2D eigenvalue weighted by Gasteiger charge is 2.27. The maximum absolute atomic E-state index is 11.7. The lowest BCUT2D eigenvalue weighted by molar-refractivity contribution is -0.144. The summed E-state index contributed by atoms with van der Waals surface area (Å²) in [6.07, 6.45) is 2.22. The summed E-state index contributed by atoms with van der Waals surface area (Å²) in [5, 5.41) is 27.6. The number of aliphatic carboxylic acids is 3. The van der Waals surface area contributed by atoms with Gasteiger partial charge in [0.2, 0.25) is 0 Å². The molecular formula is C18H35N3O6. The lowest BCUT2D eigenvalue weighted by atomic mass is 10.1. The zero-order valence-electron chi connectivity index (χ0n) is 16.8. The van der Waals surface area contributed by atoms with Gasteiger partial charge in [-0.15, -0.1) is 0 Å². The number of carbonyl (C=O) groups is 3. The quantitative estimate of drug-likeness (QED) is 0.524. The van der Waals surface area contributed by atoms with Gasteiger partial charge in [0.25, 0.3) is 0 Å². The molecule has 1 rings (SSSR count). The Labute approximate surface area is 161 Å². The monoisotopic (exact) mass is 389 g/mol. The van der Waals surface area contributed by atoms with E-state index in [9.17, 15) is 19.5 Å². The predicted octanol–water partition coefficient (Wildman–Crippen LogP) is 0.745.